The van der Waals surface area contributed by atoms with Crippen molar-refractivity contribution in [2.24, 2.45) is 12.8 Å². The van der Waals surface area contributed by atoms with Gasteiger partial charge in [-0.25, -0.2) is 4.68 Å². The van der Waals surface area contributed by atoms with Crippen molar-refractivity contribution >= 4 is 17.6 Å². The summed E-state index contributed by atoms with van der Waals surface area (Å²) in [7, 11) is 1.80. The van der Waals surface area contributed by atoms with E-state index in [9.17, 15) is 0 Å². The van der Waals surface area contributed by atoms with Crippen molar-refractivity contribution in [3.63, 3.8) is 0 Å². The van der Waals surface area contributed by atoms with Crippen LogP contribution in [0.15, 0.2) is 29.4 Å². The van der Waals surface area contributed by atoms with Crippen molar-refractivity contribution in [2.45, 2.75) is 10.9 Å². The second kappa shape index (κ2) is 4.96. The molecule has 0 aliphatic heterocycles. The Morgan fingerprint density at radius 3 is 3.00 bits per heavy atom. The number of nitrogen functional groups attached to an aromatic ring is 1. The van der Waals surface area contributed by atoms with Crippen molar-refractivity contribution in [2.75, 3.05) is 0 Å². The molecule has 0 saturated heterocycles. The molecule has 17 heavy (non-hydrogen) atoms. The molecular weight excluding hydrogens is 236 g/mol. The first kappa shape index (κ1) is 11.6. The van der Waals surface area contributed by atoms with Gasteiger partial charge in [0.25, 0.3) is 0 Å². The molecule has 0 saturated carbocycles. The van der Waals surface area contributed by atoms with Crippen molar-refractivity contribution in [3.8, 4) is 0 Å². The topological polar surface area (TPSA) is 93.5 Å². The van der Waals surface area contributed by atoms with Crippen LogP contribution in [0.3, 0.4) is 0 Å². The molecule has 1 aromatic carbocycles. The molecule has 6 nitrogen and oxygen atoms in total. The fraction of sp³-hybridized carbons (Fsp3) is 0.200. The molecule has 7 heteroatoms. The van der Waals surface area contributed by atoms with Gasteiger partial charge in [-0.3, -0.25) is 5.41 Å². The Morgan fingerprint density at radius 1 is 1.53 bits per heavy atom. The Balaban J connectivity index is 2.07. The first-order chi connectivity index (χ1) is 8.16. The molecule has 1 aromatic heterocycles. The van der Waals surface area contributed by atoms with Gasteiger partial charge in [0.15, 0.2) is 0 Å². The third kappa shape index (κ3) is 2.82. The van der Waals surface area contributed by atoms with Crippen LogP contribution >= 0.6 is 11.8 Å². The summed E-state index contributed by atoms with van der Waals surface area (Å²) < 4.78 is 1.62. The highest BCUT2D eigenvalue weighted by Crippen LogP contribution is 2.19. The van der Waals surface area contributed by atoms with Crippen LogP contribution < -0.4 is 5.73 Å². The van der Waals surface area contributed by atoms with Gasteiger partial charge in [-0.15, -0.1) is 5.10 Å². The van der Waals surface area contributed by atoms with Gasteiger partial charge >= 0.3 is 0 Å². The zero-order valence-corrected chi connectivity index (χ0v) is 10.1. The summed E-state index contributed by atoms with van der Waals surface area (Å²) in [4.78, 5) is 0. The van der Waals surface area contributed by atoms with Crippen LogP contribution in [0.5, 0.6) is 0 Å². The highest BCUT2D eigenvalue weighted by atomic mass is 32.2. The predicted molar refractivity (Wildman–Crippen MR) is 65.8 cm³/mol. The monoisotopic (exact) mass is 248 g/mol. The second-order valence-electron chi connectivity index (χ2n) is 3.49. The summed E-state index contributed by atoms with van der Waals surface area (Å²) in [5.41, 5.74) is 7.26. The Hall–Kier alpha value is -1.89. The number of nitrogens with one attached hydrogen (secondary N) is 1. The number of aryl methyl sites for hydroxylation is 1. The number of hydrogen-bond donors (Lipinski definition) is 2. The van der Waals surface area contributed by atoms with Crippen LogP contribution in [-0.2, 0) is 12.8 Å². The molecule has 0 spiro atoms. The largest absolute Gasteiger partial charge is 0.384 e. The molecule has 88 valence electrons. The summed E-state index contributed by atoms with van der Waals surface area (Å²) in [5, 5.41) is 19.3. The normalized spacial score (nSPS) is 10.4. The van der Waals surface area contributed by atoms with Crippen LogP contribution in [0, 0.1) is 5.41 Å². The van der Waals surface area contributed by atoms with E-state index in [-0.39, 0.29) is 5.84 Å². The average Bonchev–Trinajstić information content (AvgIpc) is 2.72. The first-order valence-corrected chi connectivity index (χ1v) is 5.94. The number of amidine groups is 1. The number of nitrogens with zero attached hydrogens (tertiary/aromatic N) is 4. The highest BCUT2D eigenvalue weighted by Gasteiger charge is 2.04. The Kier molecular flexibility index (Phi) is 3.38. The predicted octanol–water partition coefficient (Wildman–Crippen LogP) is 0.786. The van der Waals surface area contributed by atoms with E-state index in [2.05, 4.69) is 15.5 Å². The van der Waals surface area contributed by atoms with Crippen molar-refractivity contribution < 1.29 is 0 Å². The minimum atomic E-state index is 0.0807. The summed E-state index contributed by atoms with van der Waals surface area (Å²) in [6.45, 7) is 0. The first-order valence-electron chi connectivity index (χ1n) is 4.95. The number of aromatic nitrogens is 4. The standard InChI is InChI=1S/C10H12N6S/c1-16-10(13-14-15-16)17-6-7-3-2-4-8(5-7)9(11)12/h2-5H,6H2,1H3,(H3,11,12). The van der Waals surface area contributed by atoms with Gasteiger partial charge < -0.3 is 5.73 Å². The maximum atomic E-state index is 7.37. The molecule has 2 rings (SSSR count). The molecule has 2 aromatic rings. The summed E-state index contributed by atoms with van der Waals surface area (Å²) in [6.07, 6.45) is 0. The third-order valence-electron chi connectivity index (χ3n) is 2.19. The van der Waals surface area contributed by atoms with Crippen LogP contribution in [0.2, 0.25) is 0 Å². The molecule has 0 fully saturated rings. The highest BCUT2D eigenvalue weighted by molar-refractivity contribution is 7.98. The summed E-state index contributed by atoms with van der Waals surface area (Å²) in [6, 6.07) is 7.60. The zero-order valence-electron chi connectivity index (χ0n) is 9.29. The number of nitrogens with two attached hydrogens (primary N) is 1. The number of benzene rings is 1. The lowest BCUT2D eigenvalue weighted by atomic mass is 10.1. The Morgan fingerprint density at radius 2 is 2.35 bits per heavy atom. The summed E-state index contributed by atoms with van der Waals surface area (Å²) >= 11 is 1.54. The van der Waals surface area contributed by atoms with Crippen molar-refractivity contribution in [1.82, 2.24) is 20.2 Å². The molecule has 1 heterocycles. The molecule has 0 aliphatic carbocycles. The van der Waals surface area contributed by atoms with Gasteiger partial charge in [0.2, 0.25) is 5.16 Å². The molecule has 0 amide bonds. The van der Waals surface area contributed by atoms with E-state index in [1.54, 1.807) is 23.5 Å². The fourth-order valence-corrected chi connectivity index (χ4v) is 2.11. The van der Waals surface area contributed by atoms with Crippen LogP contribution in [0.4, 0.5) is 0 Å². The number of rotatable bonds is 4. The van der Waals surface area contributed by atoms with Gasteiger partial charge in [-0.2, -0.15) is 0 Å². The van der Waals surface area contributed by atoms with E-state index in [1.807, 2.05) is 24.3 Å². The number of thioether (sulfide) groups is 1. The van der Waals surface area contributed by atoms with E-state index in [0.717, 1.165) is 22.0 Å². The minimum Gasteiger partial charge on any atom is -0.384 e. The minimum absolute atomic E-state index is 0.0807. The lowest BCUT2D eigenvalue weighted by Gasteiger charge is -2.03. The van der Waals surface area contributed by atoms with E-state index in [1.165, 1.54) is 0 Å². The van der Waals surface area contributed by atoms with E-state index >= 15 is 0 Å². The zero-order chi connectivity index (χ0) is 12.3. The Bertz CT molecular complexity index is 535. The maximum Gasteiger partial charge on any atom is 0.209 e. The quantitative estimate of drug-likeness (QED) is 0.474. The van der Waals surface area contributed by atoms with Gasteiger partial charge in [0.05, 0.1) is 0 Å². The van der Waals surface area contributed by atoms with Gasteiger partial charge in [0.1, 0.15) is 5.84 Å². The van der Waals surface area contributed by atoms with Crippen LogP contribution in [-0.4, -0.2) is 26.0 Å². The molecule has 0 bridgehead atoms. The number of hydrogen-bond acceptors (Lipinski definition) is 5. The molecule has 0 atom stereocenters. The SMILES string of the molecule is Cn1nnnc1SCc1cccc(C(=N)N)c1. The fourth-order valence-electron chi connectivity index (χ4n) is 1.32. The van der Waals surface area contributed by atoms with E-state index in [4.69, 9.17) is 11.1 Å². The van der Waals surface area contributed by atoms with Crippen molar-refractivity contribution in [3.05, 3.63) is 35.4 Å². The molecular formula is C10H12N6S. The molecule has 0 unspecified atom stereocenters. The average molecular weight is 248 g/mol. The number of tetrazole rings is 1. The van der Waals surface area contributed by atoms with Crippen LogP contribution in [0.1, 0.15) is 11.1 Å². The molecule has 0 aliphatic rings. The van der Waals surface area contributed by atoms with Crippen molar-refractivity contribution in [1.29, 1.82) is 5.41 Å². The van der Waals surface area contributed by atoms with E-state index in [0.29, 0.717) is 0 Å². The summed E-state index contributed by atoms with van der Waals surface area (Å²) in [5.74, 6) is 0.826. The third-order valence-corrected chi connectivity index (χ3v) is 3.27. The van der Waals surface area contributed by atoms with E-state index < -0.39 is 0 Å². The lowest BCUT2D eigenvalue weighted by Crippen LogP contribution is -2.10. The van der Waals surface area contributed by atoms with Gasteiger partial charge in [-0.1, -0.05) is 30.0 Å². The molecule has 3 N–H and O–H groups in total. The maximum absolute atomic E-state index is 7.37. The Labute approximate surface area is 103 Å². The van der Waals surface area contributed by atoms with Crippen LogP contribution in [0.25, 0.3) is 0 Å². The van der Waals surface area contributed by atoms with Gasteiger partial charge in [-0.05, 0) is 22.1 Å². The lowest BCUT2D eigenvalue weighted by molar-refractivity contribution is 0.664. The van der Waals surface area contributed by atoms with Gasteiger partial charge in [0, 0.05) is 18.4 Å². The smallest absolute Gasteiger partial charge is 0.209 e. The second-order valence-corrected chi connectivity index (χ2v) is 4.43. The molecule has 0 radical (unpaired) electrons.